The summed E-state index contributed by atoms with van der Waals surface area (Å²) in [5, 5.41) is 0. The standard InChI is InChI=1S/2C12H28O4Si.C9H19F3O4Si.C8H8F12O4Si.C8H20O4Si/c1-9(2)13-17(14-10(3)4,15-11(5)6)16-12(7)8;1-5-9-13-17(14-10-6-2,15-11-7-3)16-12-8-4;1-2-6-13-17(14-7-3-10,15-8-4-11)16-9-5-12;9-5(10,11)1-21-25(22-2-6(12,13)14,23-3-7(15,16)17)24-4-8(18,19)20;1-5-9-13(10-6-2,11-7-3)12-8-4/h9-12H,1-8H3;5-12H2,1-4H3;2-9H2,1H3;1-4H2;5-8H2,1-4H3. The first kappa shape index (κ1) is 96.9. The van der Waals surface area contributed by atoms with Crippen molar-refractivity contribution in [2.24, 2.45) is 0 Å². The largest absolute Gasteiger partial charge is 0.680 e. The molecule has 0 fully saturated rings. The van der Waals surface area contributed by atoms with Crippen LogP contribution in [0.4, 0.5) is 65.9 Å². The van der Waals surface area contributed by atoms with E-state index in [1.54, 1.807) is 0 Å². The maximum atomic E-state index is 12.1. The monoisotopic (exact) mass is 1440 g/mol. The molecule has 0 aromatic carbocycles. The molecular formula is C49H103F15O20Si5. The molecule has 40 heteroatoms. The first-order valence-electron chi connectivity index (χ1n) is 29.1. The van der Waals surface area contributed by atoms with Crippen LogP contribution in [0, 0.1) is 0 Å². The molecule has 0 saturated carbocycles. The van der Waals surface area contributed by atoms with Gasteiger partial charge in [-0.05, 0) is 115 Å². The van der Waals surface area contributed by atoms with Gasteiger partial charge in [-0.1, -0.05) is 34.6 Å². The van der Waals surface area contributed by atoms with Crippen molar-refractivity contribution in [3.05, 3.63) is 0 Å². The van der Waals surface area contributed by atoms with Crippen LogP contribution in [0.1, 0.15) is 150 Å². The number of alkyl halides is 15. The molecule has 89 heavy (non-hydrogen) atoms. The van der Waals surface area contributed by atoms with Crippen LogP contribution in [-0.2, 0) is 88.5 Å². The Labute approximate surface area is 522 Å². The molecule has 0 spiro atoms. The predicted octanol–water partition coefficient (Wildman–Crippen LogP) is 13.4. The Hall–Kier alpha value is -0.766. The molecule has 0 rings (SSSR count). The van der Waals surface area contributed by atoms with Crippen LogP contribution in [0.5, 0.6) is 0 Å². The zero-order valence-electron chi connectivity index (χ0n) is 54.6. The van der Waals surface area contributed by atoms with Crippen molar-refractivity contribution in [3.63, 3.8) is 0 Å². The minimum Gasteiger partial charge on any atom is -0.351 e. The van der Waals surface area contributed by atoms with E-state index >= 15 is 0 Å². The van der Waals surface area contributed by atoms with E-state index in [-0.39, 0.29) is 50.8 Å². The van der Waals surface area contributed by atoms with Crippen LogP contribution >= 0.6 is 0 Å². The summed E-state index contributed by atoms with van der Waals surface area (Å²) in [5.74, 6) is 0. The Bertz CT molecular complexity index is 1320. The number of hydrogen-bond donors (Lipinski definition) is 0. The zero-order chi connectivity index (χ0) is 69.9. The number of hydrogen-bond acceptors (Lipinski definition) is 20. The third kappa shape index (κ3) is 59.5. The van der Waals surface area contributed by atoms with E-state index in [0.717, 1.165) is 25.7 Å². The van der Waals surface area contributed by atoms with Gasteiger partial charge in [0.25, 0.3) is 0 Å². The smallest absolute Gasteiger partial charge is 0.351 e. The Morgan fingerprint density at radius 1 is 0.236 bits per heavy atom. The van der Waals surface area contributed by atoms with E-state index in [9.17, 15) is 65.9 Å². The average molecular weight is 1440 g/mol. The molecule has 0 N–H and O–H groups in total. The van der Waals surface area contributed by atoms with Crippen LogP contribution in [0.15, 0.2) is 0 Å². The van der Waals surface area contributed by atoms with Gasteiger partial charge in [0.2, 0.25) is 0 Å². The van der Waals surface area contributed by atoms with Crippen molar-refractivity contribution in [1.82, 2.24) is 0 Å². The summed E-state index contributed by atoms with van der Waals surface area (Å²) in [6.45, 7) is 25.0. The summed E-state index contributed by atoms with van der Waals surface area (Å²) in [6, 6.07) is 0. The first-order chi connectivity index (χ1) is 41.2. The van der Waals surface area contributed by atoms with Gasteiger partial charge in [0.15, 0.2) is 0 Å². The van der Waals surface area contributed by atoms with Gasteiger partial charge in [-0.25, -0.2) is 13.2 Å². The van der Waals surface area contributed by atoms with Crippen LogP contribution in [0.3, 0.4) is 0 Å². The van der Waals surface area contributed by atoms with Crippen LogP contribution < -0.4 is 0 Å². The normalized spacial score (nSPS) is 13.1. The molecule has 0 radical (unpaired) electrons. The first-order valence-corrected chi connectivity index (χ1v) is 37.3. The second-order valence-electron chi connectivity index (χ2n) is 18.4. The Balaban J connectivity index is -0.000000336. The number of rotatable bonds is 48. The molecule has 544 valence electrons. The SMILES string of the molecule is CC(C)O[Si](OC(C)C)(OC(C)C)OC(C)C.CCCO[Si](OCCC)(OCCC)OCCC.CCCO[Si](OCCF)(OCCF)OCCF.CCO[Si](OCC)(OCC)OCC.FC(F)(F)CO[Si](OCC(F)(F)F)(OCC(F)(F)F)OCC(F)(F)F. The van der Waals surface area contributed by atoms with E-state index in [1.165, 1.54) is 0 Å². The fourth-order valence-electron chi connectivity index (χ4n) is 5.34. The molecule has 0 bridgehead atoms. The van der Waals surface area contributed by atoms with Crippen molar-refractivity contribution < 1.29 is 154 Å². The molecular weight excluding hydrogens is 1330 g/mol. The molecule has 0 aliphatic heterocycles. The summed E-state index contributed by atoms with van der Waals surface area (Å²) in [7, 11) is -18.4. The maximum Gasteiger partial charge on any atom is 0.680 e. The molecule has 0 aromatic heterocycles. The molecule has 0 aliphatic carbocycles. The second kappa shape index (κ2) is 54.4. The van der Waals surface area contributed by atoms with Crippen molar-refractivity contribution in [3.8, 4) is 0 Å². The average Bonchev–Trinajstić information content (AvgIpc) is 2.37. The minimum absolute atomic E-state index is 0.0120. The molecule has 0 heterocycles. The summed E-state index contributed by atoms with van der Waals surface area (Å²) < 4.78 is 284. The lowest BCUT2D eigenvalue weighted by Gasteiger charge is -2.33. The van der Waals surface area contributed by atoms with Gasteiger partial charge < -0.3 is 88.5 Å². The highest BCUT2D eigenvalue weighted by Crippen LogP contribution is 2.29. The van der Waals surface area contributed by atoms with Gasteiger partial charge in [0, 0.05) is 83.9 Å². The second-order valence-corrected chi connectivity index (χ2v) is 28.9. The van der Waals surface area contributed by atoms with Crippen molar-refractivity contribution >= 4 is 45.2 Å². The lowest BCUT2D eigenvalue weighted by atomic mass is 10.5. The lowest BCUT2D eigenvalue weighted by molar-refractivity contribution is -0.223. The van der Waals surface area contributed by atoms with E-state index in [2.05, 4.69) is 45.4 Å². The topological polar surface area (TPSA) is 185 Å². The highest BCUT2D eigenvalue weighted by atomic mass is 28.4. The number of halogens is 15. The molecule has 0 aliphatic rings. The molecule has 0 saturated heterocycles. The maximum absolute atomic E-state index is 12.1. The van der Waals surface area contributed by atoms with Crippen LogP contribution in [-0.4, -0.2) is 220 Å². The fraction of sp³-hybridized carbons (Fsp3) is 1.00. The van der Waals surface area contributed by atoms with Crippen molar-refractivity contribution in [1.29, 1.82) is 0 Å². The quantitative estimate of drug-likeness (QED) is 0.0413. The van der Waals surface area contributed by atoms with Crippen molar-refractivity contribution in [2.45, 2.75) is 199 Å². The van der Waals surface area contributed by atoms with E-state index in [0.29, 0.717) is 59.3 Å². The Morgan fingerprint density at radius 3 is 0.528 bits per heavy atom. The van der Waals surface area contributed by atoms with Crippen LogP contribution in [0.25, 0.3) is 0 Å². The lowest BCUT2D eigenvalue weighted by Crippen LogP contribution is -2.54. The summed E-state index contributed by atoms with van der Waals surface area (Å²) >= 11 is 0. The predicted molar refractivity (Wildman–Crippen MR) is 305 cm³/mol. The molecule has 0 unspecified atom stereocenters. The molecule has 0 amide bonds. The van der Waals surface area contributed by atoms with Gasteiger partial charge >= 0.3 is 69.9 Å². The molecule has 0 aromatic rings. The van der Waals surface area contributed by atoms with Crippen molar-refractivity contribution in [2.75, 3.05) is 126 Å². The third-order valence-corrected chi connectivity index (χ3v) is 20.0. The van der Waals surface area contributed by atoms with Crippen LogP contribution in [0.2, 0.25) is 0 Å². The van der Waals surface area contributed by atoms with Gasteiger partial charge in [0.1, 0.15) is 46.5 Å². The fourth-order valence-corrected chi connectivity index (χ4v) is 16.0. The van der Waals surface area contributed by atoms with Gasteiger partial charge in [-0.2, -0.15) is 52.7 Å². The van der Waals surface area contributed by atoms with Gasteiger partial charge in [0.05, 0.1) is 19.8 Å². The third-order valence-electron chi connectivity index (χ3n) is 7.94. The zero-order valence-corrected chi connectivity index (χ0v) is 59.6. The van der Waals surface area contributed by atoms with E-state index < -0.39 is 116 Å². The molecule has 20 nitrogen and oxygen atoms in total. The Morgan fingerprint density at radius 2 is 0.393 bits per heavy atom. The highest BCUT2D eigenvalue weighted by molar-refractivity contribution is 6.55. The summed E-state index contributed by atoms with van der Waals surface area (Å²) in [5.41, 5.74) is 0. The minimum atomic E-state index is -6.11. The highest BCUT2D eigenvalue weighted by Gasteiger charge is 2.56. The Kier molecular flexibility index (Phi) is 59.2. The molecule has 0 atom stereocenters. The van der Waals surface area contributed by atoms with E-state index in [4.69, 9.17) is 70.8 Å². The summed E-state index contributed by atoms with van der Waals surface area (Å²) in [4.78, 5) is 0. The van der Waals surface area contributed by atoms with Gasteiger partial charge in [-0.3, -0.25) is 0 Å². The van der Waals surface area contributed by atoms with Gasteiger partial charge in [-0.15, -0.1) is 0 Å². The van der Waals surface area contributed by atoms with E-state index in [1.807, 2.05) is 90.0 Å². The summed E-state index contributed by atoms with van der Waals surface area (Å²) in [6.07, 6.45) is -16.9.